The minimum Gasteiger partial charge on any atom is -0.360 e. The van der Waals surface area contributed by atoms with Gasteiger partial charge in [0.1, 0.15) is 0 Å². The van der Waals surface area contributed by atoms with Gasteiger partial charge in [0.25, 0.3) is 0 Å². The summed E-state index contributed by atoms with van der Waals surface area (Å²) in [4.78, 5) is 17.7. The SMILES string of the molecule is CCN(CC(=O)c1c[nH]c2ccccc12)C(C)C. The topological polar surface area (TPSA) is 36.1 Å². The molecular formula is C15H20N2O. The van der Waals surface area contributed by atoms with Crippen LogP contribution in [0.2, 0.25) is 0 Å². The van der Waals surface area contributed by atoms with Crippen LogP contribution in [0.25, 0.3) is 10.9 Å². The summed E-state index contributed by atoms with van der Waals surface area (Å²) in [6, 6.07) is 8.31. The average molecular weight is 244 g/mol. The van der Waals surface area contributed by atoms with Crippen molar-refractivity contribution in [1.29, 1.82) is 0 Å². The van der Waals surface area contributed by atoms with Crippen molar-refractivity contribution in [1.82, 2.24) is 9.88 Å². The lowest BCUT2D eigenvalue weighted by Crippen LogP contribution is -2.35. The Morgan fingerprint density at radius 1 is 1.33 bits per heavy atom. The molecule has 0 aliphatic carbocycles. The summed E-state index contributed by atoms with van der Waals surface area (Å²) in [7, 11) is 0. The Balaban J connectivity index is 2.23. The van der Waals surface area contributed by atoms with E-state index in [9.17, 15) is 4.79 Å². The van der Waals surface area contributed by atoms with E-state index in [0.717, 1.165) is 23.0 Å². The number of H-pyrrole nitrogens is 1. The summed E-state index contributed by atoms with van der Waals surface area (Å²) in [5.74, 6) is 0.183. The number of likely N-dealkylation sites (N-methyl/N-ethyl adjacent to an activating group) is 1. The Morgan fingerprint density at radius 2 is 2.06 bits per heavy atom. The van der Waals surface area contributed by atoms with Crippen molar-refractivity contribution in [2.75, 3.05) is 13.1 Å². The van der Waals surface area contributed by atoms with Crippen LogP contribution in [-0.4, -0.2) is 34.8 Å². The molecule has 1 heterocycles. The molecule has 1 aromatic heterocycles. The van der Waals surface area contributed by atoms with Crippen LogP contribution < -0.4 is 0 Å². The molecule has 0 saturated heterocycles. The van der Waals surface area contributed by atoms with Crippen LogP contribution in [0.15, 0.2) is 30.5 Å². The first-order valence-corrected chi connectivity index (χ1v) is 6.46. The number of hydrogen-bond acceptors (Lipinski definition) is 2. The van der Waals surface area contributed by atoms with Gasteiger partial charge in [-0.3, -0.25) is 9.69 Å². The fourth-order valence-electron chi connectivity index (χ4n) is 2.23. The molecule has 18 heavy (non-hydrogen) atoms. The third kappa shape index (κ3) is 2.46. The van der Waals surface area contributed by atoms with Gasteiger partial charge in [-0.25, -0.2) is 0 Å². The number of carbonyl (C=O) groups is 1. The van der Waals surface area contributed by atoms with Crippen molar-refractivity contribution in [2.45, 2.75) is 26.8 Å². The molecule has 96 valence electrons. The molecule has 0 fully saturated rings. The van der Waals surface area contributed by atoms with E-state index >= 15 is 0 Å². The van der Waals surface area contributed by atoms with E-state index in [1.165, 1.54) is 0 Å². The molecule has 0 unspecified atom stereocenters. The highest BCUT2D eigenvalue weighted by Crippen LogP contribution is 2.18. The summed E-state index contributed by atoms with van der Waals surface area (Å²) >= 11 is 0. The van der Waals surface area contributed by atoms with Gasteiger partial charge >= 0.3 is 0 Å². The molecule has 1 N–H and O–H groups in total. The maximum Gasteiger partial charge on any atom is 0.178 e. The molecular weight excluding hydrogens is 224 g/mol. The molecule has 2 aromatic rings. The van der Waals surface area contributed by atoms with E-state index in [2.05, 4.69) is 30.7 Å². The number of aromatic nitrogens is 1. The van der Waals surface area contributed by atoms with Crippen LogP contribution in [0.1, 0.15) is 31.1 Å². The highest BCUT2D eigenvalue weighted by atomic mass is 16.1. The third-order valence-electron chi connectivity index (χ3n) is 3.37. The smallest absolute Gasteiger partial charge is 0.178 e. The van der Waals surface area contributed by atoms with Gasteiger partial charge in [0.2, 0.25) is 0 Å². The number of ketones is 1. The molecule has 1 aromatic carbocycles. The van der Waals surface area contributed by atoms with Gasteiger partial charge in [0.05, 0.1) is 6.54 Å². The van der Waals surface area contributed by atoms with Crippen molar-refractivity contribution in [3.63, 3.8) is 0 Å². The van der Waals surface area contributed by atoms with Crippen LogP contribution in [0.3, 0.4) is 0 Å². The minimum absolute atomic E-state index is 0.183. The van der Waals surface area contributed by atoms with Crippen molar-refractivity contribution in [2.24, 2.45) is 0 Å². The van der Waals surface area contributed by atoms with Crippen LogP contribution in [0.4, 0.5) is 0 Å². The molecule has 0 atom stereocenters. The Bertz CT molecular complexity index is 542. The number of carbonyl (C=O) groups excluding carboxylic acids is 1. The molecule has 0 saturated carbocycles. The molecule has 0 spiro atoms. The molecule has 3 nitrogen and oxygen atoms in total. The van der Waals surface area contributed by atoms with Crippen LogP contribution in [0, 0.1) is 0 Å². The number of para-hydroxylation sites is 1. The van der Waals surface area contributed by atoms with Gasteiger partial charge in [-0.05, 0) is 26.5 Å². The van der Waals surface area contributed by atoms with Crippen LogP contribution >= 0.6 is 0 Å². The Morgan fingerprint density at radius 3 is 2.72 bits per heavy atom. The summed E-state index contributed by atoms with van der Waals surface area (Å²) in [6.07, 6.45) is 1.82. The highest BCUT2D eigenvalue weighted by molar-refractivity contribution is 6.08. The van der Waals surface area contributed by atoms with E-state index < -0.39 is 0 Å². The largest absolute Gasteiger partial charge is 0.360 e. The fraction of sp³-hybridized carbons (Fsp3) is 0.400. The van der Waals surface area contributed by atoms with Gasteiger partial charge in [-0.1, -0.05) is 25.1 Å². The summed E-state index contributed by atoms with van der Waals surface area (Å²) in [5, 5.41) is 1.02. The lowest BCUT2D eigenvalue weighted by Gasteiger charge is -2.23. The lowest BCUT2D eigenvalue weighted by molar-refractivity contribution is 0.0913. The van der Waals surface area contributed by atoms with Crippen molar-refractivity contribution in [3.05, 3.63) is 36.0 Å². The Labute approximate surface area is 108 Å². The number of nitrogens with zero attached hydrogens (tertiary/aromatic N) is 1. The standard InChI is InChI=1S/C15H20N2O/c1-4-17(11(2)3)10-15(18)13-9-16-14-8-6-5-7-12(13)14/h5-9,11,16H,4,10H2,1-3H3. The highest BCUT2D eigenvalue weighted by Gasteiger charge is 2.16. The van der Waals surface area contributed by atoms with E-state index in [1.807, 2.05) is 30.5 Å². The second-order valence-electron chi connectivity index (χ2n) is 4.83. The number of aromatic amines is 1. The van der Waals surface area contributed by atoms with Gasteiger partial charge in [0, 0.05) is 28.7 Å². The van der Waals surface area contributed by atoms with E-state index in [4.69, 9.17) is 0 Å². The zero-order valence-corrected chi connectivity index (χ0v) is 11.2. The van der Waals surface area contributed by atoms with Gasteiger partial charge in [-0.15, -0.1) is 0 Å². The number of fused-ring (bicyclic) bond motifs is 1. The van der Waals surface area contributed by atoms with Crippen molar-refractivity contribution in [3.8, 4) is 0 Å². The maximum absolute atomic E-state index is 12.3. The van der Waals surface area contributed by atoms with Crippen LogP contribution in [-0.2, 0) is 0 Å². The molecule has 2 rings (SSSR count). The third-order valence-corrected chi connectivity index (χ3v) is 3.37. The number of rotatable bonds is 5. The number of Topliss-reactive ketones (excluding diaryl/α,β-unsaturated/α-hetero) is 1. The monoisotopic (exact) mass is 244 g/mol. The quantitative estimate of drug-likeness (QED) is 0.820. The minimum atomic E-state index is 0.183. The van der Waals surface area contributed by atoms with Crippen LogP contribution in [0.5, 0.6) is 0 Å². The molecule has 0 bridgehead atoms. The fourth-order valence-corrected chi connectivity index (χ4v) is 2.23. The first kappa shape index (κ1) is 12.8. The van der Waals surface area contributed by atoms with E-state index in [-0.39, 0.29) is 5.78 Å². The lowest BCUT2D eigenvalue weighted by atomic mass is 10.1. The molecule has 0 radical (unpaired) electrons. The average Bonchev–Trinajstić information content (AvgIpc) is 2.79. The number of hydrogen-bond donors (Lipinski definition) is 1. The molecule has 0 aliphatic rings. The maximum atomic E-state index is 12.3. The van der Waals surface area contributed by atoms with E-state index in [0.29, 0.717) is 12.6 Å². The number of nitrogens with one attached hydrogen (secondary N) is 1. The number of benzene rings is 1. The van der Waals surface area contributed by atoms with E-state index in [1.54, 1.807) is 0 Å². The first-order chi connectivity index (χ1) is 8.63. The molecule has 0 amide bonds. The van der Waals surface area contributed by atoms with Gasteiger partial charge in [-0.2, -0.15) is 0 Å². The second kappa shape index (κ2) is 5.36. The first-order valence-electron chi connectivity index (χ1n) is 6.46. The zero-order chi connectivity index (χ0) is 13.1. The summed E-state index contributed by atoms with van der Waals surface area (Å²) in [5.41, 5.74) is 1.82. The van der Waals surface area contributed by atoms with Crippen molar-refractivity contribution >= 4 is 16.7 Å². The van der Waals surface area contributed by atoms with Gasteiger partial charge < -0.3 is 4.98 Å². The van der Waals surface area contributed by atoms with Gasteiger partial charge in [0.15, 0.2) is 5.78 Å². The predicted molar refractivity (Wildman–Crippen MR) is 75.0 cm³/mol. The zero-order valence-electron chi connectivity index (χ0n) is 11.2. The summed E-state index contributed by atoms with van der Waals surface area (Å²) < 4.78 is 0. The Kier molecular flexibility index (Phi) is 3.82. The van der Waals surface area contributed by atoms with Crippen molar-refractivity contribution < 1.29 is 4.79 Å². The molecule has 0 aliphatic heterocycles. The normalized spacial score (nSPS) is 11.6. The predicted octanol–water partition coefficient (Wildman–Crippen LogP) is 3.08. The molecule has 3 heteroatoms. The second-order valence-corrected chi connectivity index (χ2v) is 4.83. The summed E-state index contributed by atoms with van der Waals surface area (Å²) in [6.45, 7) is 7.70. The Hall–Kier alpha value is -1.61.